The number of hydrogen-bond donors (Lipinski definition) is 1. The van der Waals surface area contributed by atoms with E-state index in [9.17, 15) is 9.18 Å². The van der Waals surface area contributed by atoms with Crippen LogP contribution in [0.5, 0.6) is 5.75 Å². The second kappa shape index (κ2) is 7.76. The first-order valence-electron chi connectivity index (χ1n) is 10.6. The van der Waals surface area contributed by atoms with Crippen molar-refractivity contribution in [3.8, 4) is 5.75 Å². The molecule has 5 nitrogen and oxygen atoms in total. The van der Waals surface area contributed by atoms with Gasteiger partial charge in [0.25, 0.3) is 0 Å². The minimum Gasteiger partial charge on any atom is -0.492 e. The van der Waals surface area contributed by atoms with Gasteiger partial charge in [0.05, 0.1) is 5.54 Å². The molecule has 0 radical (unpaired) electrons. The van der Waals surface area contributed by atoms with Gasteiger partial charge >= 0.3 is 0 Å². The first-order valence-corrected chi connectivity index (χ1v) is 10.6. The van der Waals surface area contributed by atoms with E-state index in [1.165, 1.54) is 28.8 Å². The van der Waals surface area contributed by atoms with E-state index in [1.807, 2.05) is 4.90 Å². The van der Waals surface area contributed by atoms with E-state index in [0.717, 1.165) is 57.4 Å². The lowest BCUT2D eigenvalue weighted by atomic mass is 9.78. The number of benzene rings is 2. The molecule has 1 saturated heterocycles. The largest absolute Gasteiger partial charge is 0.492 e. The van der Waals surface area contributed by atoms with E-state index in [2.05, 4.69) is 34.1 Å². The molecule has 156 valence electrons. The Labute approximate surface area is 175 Å². The monoisotopic (exact) mass is 407 g/mol. The van der Waals surface area contributed by atoms with Crippen molar-refractivity contribution in [1.82, 2.24) is 14.8 Å². The van der Waals surface area contributed by atoms with Crippen molar-refractivity contribution in [2.75, 3.05) is 32.8 Å². The number of halogens is 1. The van der Waals surface area contributed by atoms with E-state index < -0.39 is 0 Å². The van der Waals surface area contributed by atoms with Crippen LogP contribution in [0.15, 0.2) is 48.5 Å². The van der Waals surface area contributed by atoms with E-state index in [1.54, 1.807) is 12.1 Å². The molecule has 2 aliphatic rings. The molecule has 1 spiro atoms. The molecule has 1 N–H and O–H groups in total. The minimum atomic E-state index is -0.257. The van der Waals surface area contributed by atoms with Crippen molar-refractivity contribution >= 4 is 17.3 Å². The minimum absolute atomic E-state index is 0.247. The van der Waals surface area contributed by atoms with Gasteiger partial charge in [-0.1, -0.05) is 18.2 Å². The lowest BCUT2D eigenvalue weighted by Gasteiger charge is -2.49. The predicted octanol–water partition coefficient (Wildman–Crippen LogP) is 3.69. The fourth-order valence-corrected chi connectivity index (χ4v) is 5.11. The third-order valence-corrected chi connectivity index (χ3v) is 6.73. The summed E-state index contributed by atoms with van der Waals surface area (Å²) in [4.78, 5) is 20.0. The van der Waals surface area contributed by atoms with Gasteiger partial charge in [-0.2, -0.15) is 0 Å². The number of aromatic amines is 1. The van der Waals surface area contributed by atoms with Crippen molar-refractivity contribution in [2.24, 2.45) is 0 Å². The maximum atomic E-state index is 13.0. The molecule has 0 atom stereocenters. The van der Waals surface area contributed by atoms with Crippen molar-refractivity contribution in [2.45, 2.75) is 24.8 Å². The summed E-state index contributed by atoms with van der Waals surface area (Å²) in [6.45, 7) is 3.96. The Kier molecular flexibility index (Phi) is 4.95. The summed E-state index contributed by atoms with van der Waals surface area (Å²) >= 11 is 0. The highest BCUT2D eigenvalue weighted by Crippen LogP contribution is 2.44. The molecule has 2 aliphatic heterocycles. The average Bonchev–Trinajstić information content (AvgIpc) is 3.17. The fraction of sp³-hybridized carbons (Fsp3) is 0.375. The van der Waals surface area contributed by atoms with Gasteiger partial charge in [-0.25, -0.2) is 4.39 Å². The van der Waals surface area contributed by atoms with Gasteiger partial charge in [-0.05, 0) is 55.2 Å². The zero-order valence-corrected chi connectivity index (χ0v) is 16.9. The number of piperidine rings is 1. The molecular formula is C24H26FN3O2. The van der Waals surface area contributed by atoms with Crippen LogP contribution in [0.25, 0.3) is 10.9 Å². The molecule has 30 heavy (non-hydrogen) atoms. The molecule has 2 aromatic carbocycles. The van der Waals surface area contributed by atoms with Gasteiger partial charge < -0.3 is 14.6 Å². The first-order chi connectivity index (χ1) is 14.7. The third-order valence-electron chi connectivity index (χ3n) is 6.73. The Bertz CT molecular complexity index is 1040. The molecule has 0 bridgehead atoms. The standard InChI is InChI=1S/C24H26FN3O2/c25-18-5-7-19(8-6-18)30-16-15-27-13-10-24(11-14-27)23-21(9-12-28(24)17-29)20-3-1-2-4-22(20)26-23/h1-8,17,26H,9-16H2. The Hall–Kier alpha value is -2.86. The Morgan fingerprint density at radius 3 is 2.60 bits per heavy atom. The summed E-state index contributed by atoms with van der Waals surface area (Å²) in [5.41, 5.74) is 3.51. The molecule has 1 aromatic heterocycles. The highest BCUT2D eigenvalue weighted by molar-refractivity contribution is 5.85. The molecule has 0 aliphatic carbocycles. The number of carbonyl (C=O) groups is 1. The zero-order chi connectivity index (χ0) is 20.6. The van der Waals surface area contributed by atoms with Crippen LogP contribution in [-0.4, -0.2) is 54.0 Å². The van der Waals surface area contributed by atoms with Crippen molar-refractivity contribution in [3.05, 3.63) is 65.6 Å². The number of likely N-dealkylation sites (tertiary alicyclic amines) is 1. The lowest BCUT2D eigenvalue weighted by molar-refractivity contribution is -0.128. The van der Waals surface area contributed by atoms with Crippen LogP contribution in [-0.2, 0) is 16.8 Å². The molecule has 6 heteroatoms. The number of carbonyl (C=O) groups excluding carboxylic acids is 1. The summed E-state index contributed by atoms with van der Waals surface area (Å²) in [5, 5.41) is 1.28. The normalized spacial score (nSPS) is 18.5. The Morgan fingerprint density at radius 1 is 1.07 bits per heavy atom. The quantitative estimate of drug-likeness (QED) is 0.657. The van der Waals surface area contributed by atoms with Crippen molar-refractivity contribution < 1.29 is 13.9 Å². The van der Waals surface area contributed by atoms with Gasteiger partial charge in [0, 0.05) is 42.8 Å². The number of fused-ring (bicyclic) bond motifs is 4. The maximum Gasteiger partial charge on any atom is 0.210 e. The van der Waals surface area contributed by atoms with Gasteiger partial charge in [0.1, 0.15) is 18.2 Å². The third kappa shape index (κ3) is 3.25. The molecule has 1 amide bonds. The van der Waals surface area contributed by atoms with Gasteiger partial charge in [-0.3, -0.25) is 9.69 Å². The van der Waals surface area contributed by atoms with Crippen molar-refractivity contribution in [1.29, 1.82) is 0 Å². The topological polar surface area (TPSA) is 48.6 Å². The number of aromatic nitrogens is 1. The summed E-state index contributed by atoms with van der Waals surface area (Å²) < 4.78 is 18.8. The van der Waals surface area contributed by atoms with Gasteiger partial charge in [0.2, 0.25) is 6.41 Å². The van der Waals surface area contributed by atoms with E-state index >= 15 is 0 Å². The number of H-pyrrole nitrogens is 1. The van der Waals surface area contributed by atoms with Crippen LogP contribution in [0, 0.1) is 5.82 Å². The summed E-state index contributed by atoms with van der Waals surface area (Å²) in [7, 11) is 0. The van der Waals surface area contributed by atoms with Crippen molar-refractivity contribution in [3.63, 3.8) is 0 Å². The molecule has 0 saturated carbocycles. The van der Waals surface area contributed by atoms with Crippen LogP contribution < -0.4 is 4.74 Å². The summed E-state index contributed by atoms with van der Waals surface area (Å²) in [5.74, 6) is 0.430. The van der Waals surface area contributed by atoms with E-state index in [0.29, 0.717) is 12.4 Å². The Balaban J connectivity index is 1.29. The Morgan fingerprint density at radius 2 is 1.83 bits per heavy atom. The van der Waals surface area contributed by atoms with Crippen LogP contribution in [0.2, 0.25) is 0 Å². The van der Waals surface area contributed by atoms with E-state index in [4.69, 9.17) is 4.74 Å². The van der Waals surface area contributed by atoms with Crippen LogP contribution in [0.3, 0.4) is 0 Å². The molecule has 0 unspecified atom stereocenters. The average molecular weight is 407 g/mol. The fourth-order valence-electron chi connectivity index (χ4n) is 5.11. The van der Waals surface area contributed by atoms with Gasteiger partial charge in [0.15, 0.2) is 0 Å². The van der Waals surface area contributed by atoms with Crippen LogP contribution >= 0.6 is 0 Å². The van der Waals surface area contributed by atoms with Crippen LogP contribution in [0.4, 0.5) is 4.39 Å². The smallest absolute Gasteiger partial charge is 0.210 e. The second-order valence-electron chi connectivity index (χ2n) is 8.25. The maximum absolute atomic E-state index is 13.0. The number of nitrogens with zero attached hydrogens (tertiary/aromatic N) is 2. The molecule has 3 heterocycles. The zero-order valence-electron chi connectivity index (χ0n) is 16.9. The summed E-state index contributed by atoms with van der Waals surface area (Å²) in [6.07, 6.45) is 3.74. The highest BCUT2D eigenvalue weighted by Gasteiger charge is 2.46. The number of hydrogen-bond acceptors (Lipinski definition) is 3. The number of para-hydroxylation sites is 1. The highest BCUT2D eigenvalue weighted by atomic mass is 19.1. The molecular weight excluding hydrogens is 381 g/mol. The second-order valence-corrected chi connectivity index (χ2v) is 8.25. The number of ether oxygens (including phenoxy) is 1. The molecule has 5 rings (SSSR count). The van der Waals surface area contributed by atoms with Crippen LogP contribution in [0.1, 0.15) is 24.1 Å². The summed E-state index contributed by atoms with van der Waals surface area (Å²) in [6, 6.07) is 14.6. The SMILES string of the molecule is O=CN1CCc2c([nH]c3ccccc23)C12CCN(CCOc1ccc(F)cc1)CC2. The predicted molar refractivity (Wildman–Crippen MR) is 114 cm³/mol. The first kappa shape index (κ1) is 19.1. The lowest BCUT2D eigenvalue weighted by Crippen LogP contribution is -2.56. The molecule has 3 aromatic rings. The number of rotatable bonds is 5. The molecule has 1 fully saturated rings. The van der Waals surface area contributed by atoms with Gasteiger partial charge in [-0.15, -0.1) is 0 Å². The number of nitrogens with one attached hydrogen (secondary N) is 1. The number of amides is 1. The van der Waals surface area contributed by atoms with E-state index in [-0.39, 0.29) is 11.4 Å².